The number of carbonyl (C=O) groups is 1. The van der Waals surface area contributed by atoms with Gasteiger partial charge in [0.2, 0.25) is 0 Å². The van der Waals surface area contributed by atoms with E-state index in [-0.39, 0.29) is 11.8 Å². The van der Waals surface area contributed by atoms with Crippen molar-refractivity contribution in [1.82, 2.24) is 5.32 Å². The summed E-state index contributed by atoms with van der Waals surface area (Å²) in [5, 5.41) is 2.95. The number of Topliss-reactive ketones (excluding diaryl/α,β-unsaturated/α-hetero) is 1. The summed E-state index contributed by atoms with van der Waals surface area (Å²) < 4.78 is 5.07. The van der Waals surface area contributed by atoms with Crippen LogP contribution in [0.25, 0.3) is 0 Å². The first-order chi connectivity index (χ1) is 5.68. The topological polar surface area (TPSA) is 64.3 Å². The Morgan fingerprint density at radius 2 is 2.33 bits per heavy atom. The van der Waals surface area contributed by atoms with Crippen LogP contribution < -0.4 is 11.1 Å². The van der Waals surface area contributed by atoms with E-state index in [0.717, 1.165) is 0 Å². The molecule has 1 unspecified atom stereocenters. The SMILES string of the molecule is CCOCCNCC(=O)C(C)N. The van der Waals surface area contributed by atoms with Gasteiger partial charge in [-0.05, 0) is 13.8 Å². The maximum atomic E-state index is 10.9. The lowest BCUT2D eigenvalue weighted by molar-refractivity contribution is -0.119. The maximum absolute atomic E-state index is 10.9. The lowest BCUT2D eigenvalue weighted by atomic mass is 10.2. The zero-order chi connectivity index (χ0) is 9.40. The first-order valence-electron chi connectivity index (χ1n) is 4.25. The van der Waals surface area contributed by atoms with Gasteiger partial charge in [0.1, 0.15) is 0 Å². The Morgan fingerprint density at radius 3 is 2.83 bits per heavy atom. The summed E-state index contributed by atoms with van der Waals surface area (Å²) in [6.45, 7) is 6.02. The monoisotopic (exact) mass is 174 g/mol. The number of hydrogen-bond donors (Lipinski definition) is 2. The Hall–Kier alpha value is -0.450. The average Bonchev–Trinajstić information content (AvgIpc) is 2.03. The molecule has 0 aromatic carbocycles. The van der Waals surface area contributed by atoms with Crippen LogP contribution >= 0.6 is 0 Å². The van der Waals surface area contributed by atoms with E-state index in [1.54, 1.807) is 6.92 Å². The van der Waals surface area contributed by atoms with Gasteiger partial charge in [0, 0.05) is 13.2 Å². The predicted octanol–water partition coefficient (Wildman–Crippen LogP) is -0.471. The summed E-state index contributed by atoms with van der Waals surface area (Å²) in [4.78, 5) is 10.9. The molecule has 0 heterocycles. The van der Waals surface area contributed by atoms with Gasteiger partial charge >= 0.3 is 0 Å². The summed E-state index contributed by atoms with van der Waals surface area (Å²) in [6.07, 6.45) is 0. The second kappa shape index (κ2) is 7.21. The van der Waals surface area contributed by atoms with Crippen molar-refractivity contribution >= 4 is 5.78 Å². The molecule has 1 atom stereocenters. The summed E-state index contributed by atoms with van der Waals surface area (Å²) >= 11 is 0. The minimum atomic E-state index is -0.371. The maximum Gasteiger partial charge on any atom is 0.162 e. The summed E-state index contributed by atoms with van der Waals surface area (Å²) in [5.74, 6) is 0.0338. The van der Waals surface area contributed by atoms with Gasteiger partial charge in [-0.3, -0.25) is 4.79 Å². The first-order valence-corrected chi connectivity index (χ1v) is 4.25. The number of hydrogen-bond acceptors (Lipinski definition) is 4. The molecule has 0 radical (unpaired) electrons. The zero-order valence-electron chi connectivity index (χ0n) is 7.80. The van der Waals surface area contributed by atoms with Crippen LogP contribution in [0.2, 0.25) is 0 Å². The average molecular weight is 174 g/mol. The third kappa shape index (κ3) is 6.27. The quantitative estimate of drug-likeness (QED) is 0.512. The van der Waals surface area contributed by atoms with E-state index in [2.05, 4.69) is 5.32 Å². The first kappa shape index (κ1) is 11.6. The number of carbonyl (C=O) groups excluding carboxylic acids is 1. The van der Waals surface area contributed by atoms with Gasteiger partial charge in [0.05, 0.1) is 19.2 Å². The van der Waals surface area contributed by atoms with Crippen LogP contribution in [0.15, 0.2) is 0 Å². The van der Waals surface area contributed by atoms with Crippen molar-refractivity contribution in [2.24, 2.45) is 5.73 Å². The van der Waals surface area contributed by atoms with Crippen molar-refractivity contribution in [3.63, 3.8) is 0 Å². The van der Waals surface area contributed by atoms with Crippen LogP contribution in [0.4, 0.5) is 0 Å². The highest BCUT2D eigenvalue weighted by molar-refractivity contribution is 5.85. The van der Waals surface area contributed by atoms with Gasteiger partial charge in [-0.1, -0.05) is 0 Å². The molecule has 0 bridgehead atoms. The molecule has 12 heavy (non-hydrogen) atoms. The van der Waals surface area contributed by atoms with Gasteiger partial charge in [-0.25, -0.2) is 0 Å². The summed E-state index contributed by atoms with van der Waals surface area (Å²) in [6, 6.07) is -0.371. The number of ketones is 1. The van der Waals surface area contributed by atoms with E-state index in [0.29, 0.717) is 26.3 Å². The summed E-state index contributed by atoms with van der Waals surface area (Å²) in [5.41, 5.74) is 5.36. The Bertz CT molecular complexity index is 126. The molecule has 0 fully saturated rings. The molecule has 0 aliphatic carbocycles. The Kier molecular flexibility index (Phi) is 6.94. The van der Waals surface area contributed by atoms with Crippen LogP contribution in [-0.2, 0) is 9.53 Å². The smallest absolute Gasteiger partial charge is 0.162 e. The lowest BCUT2D eigenvalue weighted by Gasteiger charge is -2.05. The second-order valence-corrected chi connectivity index (χ2v) is 2.63. The molecule has 72 valence electrons. The van der Waals surface area contributed by atoms with E-state index in [1.165, 1.54) is 0 Å². The molecule has 0 rings (SSSR count). The molecule has 0 aliphatic heterocycles. The molecule has 0 saturated heterocycles. The van der Waals surface area contributed by atoms with E-state index >= 15 is 0 Å². The summed E-state index contributed by atoms with van der Waals surface area (Å²) in [7, 11) is 0. The normalized spacial score (nSPS) is 12.9. The number of nitrogens with two attached hydrogens (primary N) is 1. The van der Waals surface area contributed by atoms with Crippen molar-refractivity contribution in [1.29, 1.82) is 0 Å². The minimum absolute atomic E-state index is 0.0338. The molecule has 0 amide bonds. The lowest BCUT2D eigenvalue weighted by Crippen LogP contribution is -2.36. The van der Waals surface area contributed by atoms with Gasteiger partial charge in [0.25, 0.3) is 0 Å². The molecule has 0 aromatic heterocycles. The fraction of sp³-hybridized carbons (Fsp3) is 0.875. The van der Waals surface area contributed by atoms with E-state index in [4.69, 9.17) is 10.5 Å². The van der Waals surface area contributed by atoms with Gasteiger partial charge in [-0.15, -0.1) is 0 Å². The molecule has 0 spiro atoms. The fourth-order valence-corrected chi connectivity index (χ4v) is 0.661. The Morgan fingerprint density at radius 1 is 1.67 bits per heavy atom. The Balaban J connectivity index is 3.14. The molecule has 0 saturated carbocycles. The Labute approximate surface area is 73.5 Å². The van der Waals surface area contributed by atoms with Crippen molar-refractivity contribution in [2.45, 2.75) is 19.9 Å². The van der Waals surface area contributed by atoms with Crippen molar-refractivity contribution in [2.75, 3.05) is 26.3 Å². The van der Waals surface area contributed by atoms with Gasteiger partial charge in [-0.2, -0.15) is 0 Å². The molecule has 3 N–H and O–H groups in total. The van der Waals surface area contributed by atoms with Gasteiger partial charge in [0.15, 0.2) is 5.78 Å². The highest BCUT2D eigenvalue weighted by atomic mass is 16.5. The minimum Gasteiger partial charge on any atom is -0.380 e. The molecule has 4 nitrogen and oxygen atoms in total. The van der Waals surface area contributed by atoms with Gasteiger partial charge < -0.3 is 15.8 Å². The third-order valence-electron chi connectivity index (χ3n) is 1.43. The highest BCUT2D eigenvalue weighted by Crippen LogP contribution is 1.77. The van der Waals surface area contributed by atoms with E-state index < -0.39 is 0 Å². The van der Waals surface area contributed by atoms with Crippen molar-refractivity contribution < 1.29 is 9.53 Å². The van der Waals surface area contributed by atoms with Crippen LogP contribution in [0.5, 0.6) is 0 Å². The molecular weight excluding hydrogens is 156 g/mol. The predicted molar refractivity (Wildman–Crippen MR) is 48.0 cm³/mol. The van der Waals surface area contributed by atoms with Crippen molar-refractivity contribution in [3.8, 4) is 0 Å². The number of nitrogens with one attached hydrogen (secondary N) is 1. The molecule has 0 aliphatic rings. The van der Waals surface area contributed by atoms with E-state index in [9.17, 15) is 4.79 Å². The van der Waals surface area contributed by atoms with Crippen LogP contribution in [0, 0.1) is 0 Å². The molecule has 4 heteroatoms. The fourth-order valence-electron chi connectivity index (χ4n) is 0.661. The third-order valence-corrected chi connectivity index (χ3v) is 1.43. The number of ether oxygens (including phenoxy) is 1. The number of rotatable bonds is 7. The van der Waals surface area contributed by atoms with E-state index in [1.807, 2.05) is 6.92 Å². The zero-order valence-corrected chi connectivity index (χ0v) is 7.80. The molecule has 0 aromatic rings. The van der Waals surface area contributed by atoms with Crippen LogP contribution in [-0.4, -0.2) is 38.1 Å². The largest absolute Gasteiger partial charge is 0.380 e. The highest BCUT2D eigenvalue weighted by Gasteiger charge is 2.05. The van der Waals surface area contributed by atoms with Crippen molar-refractivity contribution in [3.05, 3.63) is 0 Å². The van der Waals surface area contributed by atoms with Crippen LogP contribution in [0.3, 0.4) is 0 Å². The standard InChI is InChI=1S/C8H18N2O2/c1-3-12-5-4-10-6-8(11)7(2)9/h7,10H,3-6,9H2,1-2H3. The molecular formula is C8H18N2O2. The second-order valence-electron chi connectivity index (χ2n) is 2.63. The van der Waals surface area contributed by atoms with Crippen LogP contribution in [0.1, 0.15) is 13.8 Å².